The summed E-state index contributed by atoms with van der Waals surface area (Å²) in [6, 6.07) is 4.65. The van der Waals surface area contributed by atoms with E-state index in [-0.39, 0.29) is 0 Å². The molecule has 1 nitrogen and oxygen atoms in total. The molecule has 0 aromatic heterocycles. The van der Waals surface area contributed by atoms with Gasteiger partial charge in [-0.15, -0.1) is 0 Å². The highest BCUT2D eigenvalue weighted by atomic mass is 14.9. The molecule has 14 heavy (non-hydrogen) atoms. The average molecular weight is 189 g/mol. The Bertz CT molecular complexity index is 313. The Labute approximate surface area is 86.5 Å². The third-order valence-electron chi connectivity index (χ3n) is 3.23. The molecule has 0 fully saturated rings. The lowest BCUT2D eigenvalue weighted by Gasteiger charge is -2.22. The molecule has 1 aromatic rings. The van der Waals surface area contributed by atoms with Gasteiger partial charge in [-0.1, -0.05) is 26.0 Å². The molecule has 1 aromatic carbocycles. The lowest BCUT2D eigenvalue weighted by molar-refractivity contribution is 0.636. The first-order valence-electron chi connectivity index (χ1n) is 5.70. The second-order valence-corrected chi connectivity index (χ2v) is 3.97. The minimum Gasteiger partial charge on any atom is -0.312 e. The van der Waals surface area contributed by atoms with E-state index in [4.69, 9.17) is 0 Å². The number of nitrogens with one attached hydrogen (secondary N) is 1. The largest absolute Gasteiger partial charge is 0.312 e. The van der Waals surface area contributed by atoms with Crippen molar-refractivity contribution in [2.45, 2.75) is 39.7 Å². The zero-order valence-electron chi connectivity index (χ0n) is 9.19. The van der Waals surface area contributed by atoms with Crippen LogP contribution in [0.5, 0.6) is 0 Å². The zero-order chi connectivity index (χ0) is 9.97. The van der Waals surface area contributed by atoms with Gasteiger partial charge >= 0.3 is 0 Å². The Morgan fingerprint density at radius 3 is 2.79 bits per heavy atom. The highest BCUT2D eigenvalue weighted by Crippen LogP contribution is 2.23. The molecular formula is C13H19N. The van der Waals surface area contributed by atoms with Gasteiger partial charge in [-0.25, -0.2) is 0 Å². The van der Waals surface area contributed by atoms with E-state index in [1.165, 1.54) is 18.4 Å². The maximum Gasteiger partial charge on any atom is 0.0211 e. The van der Waals surface area contributed by atoms with E-state index >= 15 is 0 Å². The lowest BCUT2D eigenvalue weighted by Crippen LogP contribution is -2.25. The van der Waals surface area contributed by atoms with Crippen molar-refractivity contribution in [3.05, 3.63) is 34.4 Å². The summed E-state index contributed by atoms with van der Waals surface area (Å²) in [7, 11) is 0. The number of fused-ring (bicyclic) bond motifs is 1. The highest BCUT2D eigenvalue weighted by molar-refractivity contribution is 5.42. The Balaban J connectivity index is 2.50. The van der Waals surface area contributed by atoms with E-state index in [1.807, 2.05) is 0 Å². The summed E-state index contributed by atoms with van der Waals surface area (Å²) in [5, 5.41) is 3.47. The fourth-order valence-corrected chi connectivity index (χ4v) is 2.45. The monoisotopic (exact) mass is 189 g/mol. The normalized spacial score (nSPS) is 15.3. The molecule has 0 unspecified atom stereocenters. The third-order valence-corrected chi connectivity index (χ3v) is 3.23. The minimum atomic E-state index is 1.08. The first kappa shape index (κ1) is 9.72. The number of benzene rings is 1. The molecular weight excluding hydrogens is 170 g/mol. The summed E-state index contributed by atoms with van der Waals surface area (Å²) < 4.78 is 0. The number of hydrogen-bond acceptors (Lipinski definition) is 1. The van der Waals surface area contributed by atoms with Gasteiger partial charge in [0.15, 0.2) is 0 Å². The van der Waals surface area contributed by atoms with Crippen molar-refractivity contribution < 1.29 is 0 Å². The molecule has 2 rings (SSSR count). The van der Waals surface area contributed by atoms with Crippen LogP contribution in [0.3, 0.4) is 0 Å². The first-order chi connectivity index (χ1) is 6.86. The molecule has 1 heterocycles. The standard InChI is InChI=1S/C13H19N/c1-3-10-5-6-11-7-8-14-9-13(11)12(10)4-2/h5-6,14H,3-4,7-9H2,1-2H3. The van der Waals surface area contributed by atoms with Crippen LogP contribution in [0.4, 0.5) is 0 Å². The van der Waals surface area contributed by atoms with Crippen LogP contribution in [0, 0.1) is 0 Å². The van der Waals surface area contributed by atoms with E-state index < -0.39 is 0 Å². The third kappa shape index (κ3) is 1.57. The van der Waals surface area contributed by atoms with Gasteiger partial charge in [0, 0.05) is 6.54 Å². The number of aryl methyl sites for hydroxylation is 1. The Morgan fingerprint density at radius 2 is 2.07 bits per heavy atom. The van der Waals surface area contributed by atoms with Gasteiger partial charge in [0.25, 0.3) is 0 Å². The first-order valence-corrected chi connectivity index (χ1v) is 5.70. The average Bonchev–Trinajstić information content (AvgIpc) is 2.27. The molecule has 0 saturated carbocycles. The van der Waals surface area contributed by atoms with Gasteiger partial charge in [0.2, 0.25) is 0 Å². The lowest BCUT2D eigenvalue weighted by atomic mass is 9.90. The smallest absolute Gasteiger partial charge is 0.0211 e. The minimum absolute atomic E-state index is 1.08. The summed E-state index contributed by atoms with van der Waals surface area (Å²) in [6.07, 6.45) is 3.54. The van der Waals surface area contributed by atoms with Gasteiger partial charge in [-0.3, -0.25) is 0 Å². The van der Waals surface area contributed by atoms with Gasteiger partial charge in [0.05, 0.1) is 0 Å². The van der Waals surface area contributed by atoms with E-state index in [0.717, 1.165) is 19.5 Å². The van der Waals surface area contributed by atoms with Gasteiger partial charge in [-0.05, 0) is 48.1 Å². The van der Waals surface area contributed by atoms with E-state index in [0.29, 0.717) is 0 Å². The molecule has 0 saturated heterocycles. The van der Waals surface area contributed by atoms with Crippen molar-refractivity contribution in [1.82, 2.24) is 5.32 Å². The van der Waals surface area contributed by atoms with Crippen LogP contribution in [0.15, 0.2) is 12.1 Å². The van der Waals surface area contributed by atoms with Crippen LogP contribution in [0.25, 0.3) is 0 Å². The van der Waals surface area contributed by atoms with Gasteiger partial charge in [-0.2, -0.15) is 0 Å². The van der Waals surface area contributed by atoms with Crippen molar-refractivity contribution in [2.24, 2.45) is 0 Å². The molecule has 1 heteroatoms. The molecule has 1 N–H and O–H groups in total. The summed E-state index contributed by atoms with van der Waals surface area (Å²) in [5.74, 6) is 0. The molecule has 0 amide bonds. The molecule has 1 aliphatic heterocycles. The van der Waals surface area contributed by atoms with Gasteiger partial charge in [0.1, 0.15) is 0 Å². The Hall–Kier alpha value is -0.820. The number of hydrogen-bond donors (Lipinski definition) is 1. The van der Waals surface area contributed by atoms with Crippen molar-refractivity contribution in [1.29, 1.82) is 0 Å². The molecule has 0 atom stereocenters. The fourth-order valence-electron chi connectivity index (χ4n) is 2.45. The maximum absolute atomic E-state index is 3.47. The summed E-state index contributed by atoms with van der Waals surface area (Å²) >= 11 is 0. The topological polar surface area (TPSA) is 12.0 Å². The molecule has 0 bridgehead atoms. The van der Waals surface area contributed by atoms with E-state index in [9.17, 15) is 0 Å². The van der Waals surface area contributed by atoms with Crippen molar-refractivity contribution in [3.8, 4) is 0 Å². The molecule has 1 aliphatic rings. The molecule has 0 radical (unpaired) electrons. The fraction of sp³-hybridized carbons (Fsp3) is 0.538. The van der Waals surface area contributed by atoms with Gasteiger partial charge < -0.3 is 5.32 Å². The summed E-state index contributed by atoms with van der Waals surface area (Å²) in [5.41, 5.74) is 6.28. The predicted octanol–water partition coefficient (Wildman–Crippen LogP) is 2.46. The van der Waals surface area contributed by atoms with Crippen LogP contribution >= 0.6 is 0 Å². The predicted molar refractivity (Wildman–Crippen MR) is 60.6 cm³/mol. The second kappa shape index (κ2) is 4.14. The van der Waals surface area contributed by atoms with Crippen LogP contribution in [-0.2, 0) is 25.8 Å². The Morgan fingerprint density at radius 1 is 1.21 bits per heavy atom. The summed E-state index contributed by atoms with van der Waals surface area (Å²) in [4.78, 5) is 0. The van der Waals surface area contributed by atoms with Crippen molar-refractivity contribution >= 4 is 0 Å². The zero-order valence-corrected chi connectivity index (χ0v) is 9.19. The SMILES string of the molecule is CCc1ccc2c(c1CC)CNCC2. The van der Waals surface area contributed by atoms with Crippen LogP contribution in [0.2, 0.25) is 0 Å². The van der Waals surface area contributed by atoms with Crippen molar-refractivity contribution in [3.63, 3.8) is 0 Å². The maximum atomic E-state index is 3.47. The summed E-state index contributed by atoms with van der Waals surface area (Å²) in [6.45, 7) is 6.73. The van der Waals surface area contributed by atoms with E-state index in [2.05, 4.69) is 31.3 Å². The Kier molecular flexibility index (Phi) is 2.87. The van der Waals surface area contributed by atoms with Crippen LogP contribution in [-0.4, -0.2) is 6.54 Å². The van der Waals surface area contributed by atoms with Crippen LogP contribution in [0.1, 0.15) is 36.1 Å². The molecule has 0 aliphatic carbocycles. The second-order valence-electron chi connectivity index (χ2n) is 3.97. The van der Waals surface area contributed by atoms with Crippen molar-refractivity contribution in [2.75, 3.05) is 6.54 Å². The highest BCUT2D eigenvalue weighted by Gasteiger charge is 2.13. The quantitative estimate of drug-likeness (QED) is 0.753. The molecule has 0 spiro atoms. The van der Waals surface area contributed by atoms with E-state index in [1.54, 1.807) is 16.7 Å². The van der Waals surface area contributed by atoms with Crippen LogP contribution < -0.4 is 5.32 Å². The number of rotatable bonds is 2. The molecule has 76 valence electrons.